The van der Waals surface area contributed by atoms with Crippen molar-refractivity contribution in [2.75, 3.05) is 17.4 Å². The Labute approximate surface area is 167 Å². The van der Waals surface area contributed by atoms with Gasteiger partial charge in [-0.05, 0) is 55.3 Å². The molecule has 152 valence electrons. The zero-order chi connectivity index (χ0) is 20.8. The normalized spacial score (nSPS) is 17.0. The number of carbonyl (C=O) groups excluding carboxylic acids is 2. The van der Waals surface area contributed by atoms with E-state index in [-0.39, 0.29) is 12.8 Å². The molecule has 1 atom stereocenters. The first-order chi connectivity index (χ1) is 13.7. The predicted molar refractivity (Wildman–Crippen MR) is 104 cm³/mol. The number of hydrazine groups is 1. The van der Waals surface area contributed by atoms with Crippen LogP contribution in [-0.2, 0) is 16.4 Å². The number of fused-ring (bicyclic) bond motifs is 2. The zero-order valence-corrected chi connectivity index (χ0v) is 16.6. The van der Waals surface area contributed by atoms with Crippen LogP contribution in [0.15, 0.2) is 36.4 Å². The van der Waals surface area contributed by atoms with Gasteiger partial charge in [-0.15, -0.1) is 0 Å². The van der Waals surface area contributed by atoms with E-state index in [9.17, 15) is 18.0 Å². The maximum absolute atomic E-state index is 12.4. The van der Waals surface area contributed by atoms with Crippen LogP contribution in [0, 0.1) is 0 Å². The summed E-state index contributed by atoms with van der Waals surface area (Å²) in [6.07, 6.45) is 1.66. The molecule has 2 aliphatic rings. The lowest BCUT2D eigenvalue weighted by atomic mass is 10.1. The van der Waals surface area contributed by atoms with Gasteiger partial charge in [0.2, 0.25) is 16.8 Å². The monoisotopic (exact) mass is 417 g/mol. The summed E-state index contributed by atoms with van der Waals surface area (Å²) >= 11 is 0. The molecule has 4 rings (SSSR count). The highest BCUT2D eigenvalue weighted by Gasteiger charge is 2.32. The molecule has 2 aromatic rings. The van der Waals surface area contributed by atoms with Gasteiger partial charge in [0.25, 0.3) is 11.8 Å². The van der Waals surface area contributed by atoms with Gasteiger partial charge in [0, 0.05) is 17.2 Å². The summed E-state index contributed by atoms with van der Waals surface area (Å²) in [5.74, 6) is 0.00952. The van der Waals surface area contributed by atoms with Gasteiger partial charge >= 0.3 is 0 Å². The Bertz CT molecular complexity index is 1110. The molecule has 0 aromatic heterocycles. The van der Waals surface area contributed by atoms with Gasteiger partial charge in [0.05, 0.1) is 11.9 Å². The number of ether oxygens (including phenoxy) is 2. The molecule has 10 heteroatoms. The smallest absolute Gasteiger partial charge is 0.269 e. The number of benzene rings is 2. The average Bonchev–Trinajstić information content (AvgIpc) is 3.26. The van der Waals surface area contributed by atoms with Crippen molar-refractivity contribution in [1.82, 2.24) is 10.9 Å². The molecule has 0 radical (unpaired) electrons. The van der Waals surface area contributed by atoms with E-state index in [1.165, 1.54) is 16.4 Å². The van der Waals surface area contributed by atoms with Crippen molar-refractivity contribution in [2.24, 2.45) is 0 Å². The highest BCUT2D eigenvalue weighted by atomic mass is 32.2. The highest BCUT2D eigenvalue weighted by molar-refractivity contribution is 7.92. The molecular formula is C19H19N3O6S. The number of sulfonamides is 1. The van der Waals surface area contributed by atoms with Crippen LogP contribution in [0.5, 0.6) is 11.5 Å². The molecule has 2 heterocycles. The van der Waals surface area contributed by atoms with Crippen LogP contribution in [0.25, 0.3) is 0 Å². The summed E-state index contributed by atoms with van der Waals surface area (Å²) in [7, 11) is -3.40. The van der Waals surface area contributed by atoms with Crippen molar-refractivity contribution >= 4 is 27.5 Å². The number of nitrogens with zero attached hydrogens (tertiary/aromatic N) is 1. The fourth-order valence-electron chi connectivity index (χ4n) is 3.55. The van der Waals surface area contributed by atoms with Crippen molar-refractivity contribution in [3.63, 3.8) is 0 Å². The summed E-state index contributed by atoms with van der Waals surface area (Å²) in [6, 6.07) is 9.26. The molecule has 0 fully saturated rings. The zero-order valence-electron chi connectivity index (χ0n) is 15.8. The fourth-order valence-corrected chi connectivity index (χ4v) is 4.81. The molecule has 0 spiro atoms. The molecule has 29 heavy (non-hydrogen) atoms. The van der Waals surface area contributed by atoms with Gasteiger partial charge in [0.15, 0.2) is 11.5 Å². The highest BCUT2D eigenvalue weighted by Crippen LogP contribution is 2.35. The van der Waals surface area contributed by atoms with Gasteiger partial charge in [-0.25, -0.2) is 8.42 Å². The first-order valence-electron chi connectivity index (χ1n) is 8.87. The van der Waals surface area contributed by atoms with E-state index in [1.54, 1.807) is 24.3 Å². The van der Waals surface area contributed by atoms with E-state index >= 15 is 0 Å². The van der Waals surface area contributed by atoms with Gasteiger partial charge < -0.3 is 9.47 Å². The minimum Gasteiger partial charge on any atom is -0.454 e. The lowest BCUT2D eigenvalue weighted by molar-refractivity contribution is 0.0846. The summed E-state index contributed by atoms with van der Waals surface area (Å²) in [6.45, 7) is 1.91. The van der Waals surface area contributed by atoms with Crippen LogP contribution in [0.2, 0.25) is 0 Å². The van der Waals surface area contributed by atoms with Crippen LogP contribution >= 0.6 is 0 Å². The third-order valence-corrected chi connectivity index (χ3v) is 6.05. The minimum atomic E-state index is -3.40. The summed E-state index contributed by atoms with van der Waals surface area (Å²) < 4.78 is 35.8. The first-order valence-corrected chi connectivity index (χ1v) is 10.7. The average molecular weight is 417 g/mol. The Morgan fingerprint density at radius 3 is 2.31 bits per heavy atom. The second-order valence-electron chi connectivity index (χ2n) is 6.93. The van der Waals surface area contributed by atoms with Gasteiger partial charge in [-0.1, -0.05) is 0 Å². The Hall–Kier alpha value is -3.27. The topological polar surface area (TPSA) is 114 Å². The standard InChI is InChI=1S/C19H19N3O6S/c1-11-7-14-8-12(3-5-15(14)22(11)29(2,25)26)18(23)20-21-19(24)13-4-6-16-17(9-13)28-10-27-16/h3-6,8-9,11H,7,10H2,1-2H3,(H,20,23)(H,21,24)/t11-/m0/s1. The second kappa shape index (κ2) is 6.96. The molecule has 9 nitrogen and oxygen atoms in total. The Morgan fingerprint density at radius 2 is 1.62 bits per heavy atom. The number of rotatable bonds is 3. The third-order valence-electron chi connectivity index (χ3n) is 4.78. The number of carbonyl (C=O) groups is 2. The van der Waals surface area contributed by atoms with Crippen molar-refractivity contribution in [3.8, 4) is 11.5 Å². The maximum atomic E-state index is 12.4. The van der Waals surface area contributed by atoms with E-state index in [0.29, 0.717) is 34.7 Å². The summed E-state index contributed by atoms with van der Waals surface area (Å²) in [4.78, 5) is 24.7. The molecular weight excluding hydrogens is 398 g/mol. The number of amides is 2. The molecule has 0 saturated heterocycles. The van der Waals surface area contributed by atoms with E-state index in [1.807, 2.05) is 6.92 Å². The lowest BCUT2D eigenvalue weighted by Gasteiger charge is -2.21. The van der Waals surface area contributed by atoms with Crippen LogP contribution < -0.4 is 24.6 Å². The van der Waals surface area contributed by atoms with Crippen molar-refractivity contribution in [1.29, 1.82) is 0 Å². The molecule has 2 N–H and O–H groups in total. The fraction of sp³-hybridized carbons (Fsp3) is 0.263. The molecule has 0 saturated carbocycles. The van der Waals surface area contributed by atoms with Crippen LogP contribution in [0.1, 0.15) is 33.2 Å². The Kier molecular flexibility index (Phi) is 4.58. The minimum absolute atomic E-state index is 0.102. The van der Waals surface area contributed by atoms with Gasteiger partial charge in [0.1, 0.15) is 0 Å². The maximum Gasteiger partial charge on any atom is 0.269 e. The summed E-state index contributed by atoms with van der Waals surface area (Å²) in [5.41, 5.74) is 6.68. The SMILES string of the molecule is C[C@H]1Cc2cc(C(=O)NNC(=O)c3ccc4c(c3)OCO4)ccc2N1S(C)(=O)=O. The van der Waals surface area contributed by atoms with E-state index in [0.717, 1.165) is 11.8 Å². The Balaban J connectivity index is 1.44. The predicted octanol–water partition coefficient (Wildman–Crippen LogP) is 1.20. The lowest BCUT2D eigenvalue weighted by Crippen LogP contribution is -2.41. The Morgan fingerprint density at radius 1 is 1.00 bits per heavy atom. The quantitative estimate of drug-likeness (QED) is 0.726. The van der Waals surface area contributed by atoms with Crippen LogP contribution in [0.4, 0.5) is 5.69 Å². The molecule has 0 unspecified atom stereocenters. The van der Waals surface area contributed by atoms with Crippen LogP contribution in [-0.4, -0.2) is 39.3 Å². The molecule has 0 bridgehead atoms. The van der Waals surface area contributed by atoms with Gasteiger partial charge in [-0.3, -0.25) is 24.7 Å². The number of nitrogens with one attached hydrogen (secondary N) is 2. The number of hydrogen-bond acceptors (Lipinski definition) is 6. The molecule has 2 aromatic carbocycles. The van der Waals surface area contributed by atoms with Crippen molar-refractivity contribution in [2.45, 2.75) is 19.4 Å². The third kappa shape index (κ3) is 3.58. The van der Waals surface area contributed by atoms with E-state index in [2.05, 4.69) is 10.9 Å². The molecule has 0 aliphatic carbocycles. The largest absolute Gasteiger partial charge is 0.454 e. The second-order valence-corrected chi connectivity index (χ2v) is 8.79. The first kappa shape index (κ1) is 19.1. The van der Waals surface area contributed by atoms with E-state index in [4.69, 9.17) is 9.47 Å². The number of hydrogen-bond donors (Lipinski definition) is 2. The van der Waals surface area contributed by atoms with Crippen molar-refractivity contribution in [3.05, 3.63) is 53.1 Å². The number of anilines is 1. The van der Waals surface area contributed by atoms with Crippen molar-refractivity contribution < 1.29 is 27.5 Å². The van der Waals surface area contributed by atoms with Gasteiger partial charge in [-0.2, -0.15) is 0 Å². The summed E-state index contributed by atoms with van der Waals surface area (Å²) in [5, 5.41) is 0. The van der Waals surface area contributed by atoms with Crippen LogP contribution in [0.3, 0.4) is 0 Å². The molecule has 2 amide bonds. The van der Waals surface area contributed by atoms with E-state index < -0.39 is 21.8 Å². The molecule has 2 aliphatic heterocycles.